The summed E-state index contributed by atoms with van der Waals surface area (Å²) >= 11 is 1.68. The topological polar surface area (TPSA) is 81.2 Å². The van der Waals surface area contributed by atoms with Crippen molar-refractivity contribution in [3.8, 4) is 0 Å². The van der Waals surface area contributed by atoms with Crippen molar-refractivity contribution < 1.29 is 19.5 Å². The van der Waals surface area contributed by atoms with Gasteiger partial charge in [0.1, 0.15) is 6.04 Å². The van der Waals surface area contributed by atoms with Crippen molar-refractivity contribution in [3.63, 3.8) is 0 Å². The third-order valence-electron chi connectivity index (χ3n) is 9.11. The maximum absolute atomic E-state index is 14.5. The average molecular weight is 568 g/mol. The summed E-state index contributed by atoms with van der Waals surface area (Å²) in [7, 11) is 0. The molecule has 3 fully saturated rings. The van der Waals surface area contributed by atoms with Crippen molar-refractivity contribution in [2.24, 2.45) is 11.8 Å². The fraction of sp³-hybridized carbons (Fsp3) is 0.594. The highest BCUT2D eigenvalue weighted by Crippen LogP contribution is 2.72. The zero-order valence-electron chi connectivity index (χ0n) is 24.3. The van der Waals surface area contributed by atoms with Crippen LogP contribution in [0.25, 0.3) is 0 Å². The minimum Gasteiger partial charge on any atom is -0.394 e. The lowest BCUT2D eigenvalue weighted by molar-refractivity contribution is -0.148. The van der Waals surface area contributed by atoms with Gasteiger partial charge in [-0.2, -0.15) is 0 Å². The molecule has 2 bridgehead atoms. The minimum atomic E-state index is -0.717. The fourth-order valence-electron chi connectivity index (χ4n) is 7.18. The first-order valence-electron chi connectivity index (χ1n) is 14.7. The zero-order valence-corrected chi connectivity index (χ0v) is 25.1. The number of hydrogen-bond acceptors (Lipinski definition) is 5. The predicted octanol–water partition coefficient (Wildman–Crippen LogP) is 4.27. The van der Waals surface area contributed by atoms with Crippen molar-refractivity contribution in [1.29, 1.82) is 0 Å². The normalized spacial score (nSPS) is 29.2. The van der Waals surface area contributed by atoms with Gasteiger partial charge in [0, 0.05) is 30.9 Å². The molecule has 8 heteroatoms. The van der Waals surface area contributed by atoms with E-state index in [0.717, 1.165) is 24.8 Å². The first-order chi connectivity index (χ1) is 19.2. The molecule has 0 aromatic heterocycles. The highest BCUT2D eigenvalue weighted by molar-refractivity contribution is 8.02. The van der Waals surface area contributed by atoms with E-state index in [1.807, 2.05) is 42.2 Å². The lowest BCUT2D eigenvalue weighted by Gasteiger charge is -2.39. The smallest absolute Gasteiger partial charge is 0.247 e. The molecule has 3 aliphatic rings. The first kappa shape index (κ1) is 30.4. The summed E-state index contributed by atoms with van der Waals surface area (Å²) < 4.78 is -1.16. The Morgan fingerprint density at radius 1 is 1.12 bits per heavy atom. The van der Waals surface area contributed by atoms with Crippen LogP contribution in [0.4, 0.5) is 0 Å². The third kappa shape index (κ3) is 5.13. The molecule has 218 valence electrons. The van der Waals surface area contributed by atoms with Crippen molar-refractivity contribution in [2.45, 2.75) is 81.0 Å². The molecule has 0 aliphatic carbocycles. The number of carbonyl (C=O) groups is 3. The van der Waals surface area contributed by atoms with Gasteiger partial charge in [0.15, 0.2) is 0 Å². The number of benzene rings is 1. The summed E-state index contributed by atoms with van der Waals surface area (Å²) in [4.78, 5) is 48.6. The largest absolute Gasteiger partial charge is 0.394 e. The molecule has 3 saturated heterocycles. The molecular formula is C32H45N3O4S. The number of fused-ring (bicyclic) bond motifs is 1. The van der Waals surface area contributed by atoms with Crippen LogP contribution in [0.15, 0.2) is 55.6 Å². The summed E-state index contributed by atoms with van der Waals surface area (Å²) in [5.41, 5.74) is 1.02. The maximum Gasteiger partial charge on any atom is 0.247 e. The standard InChI is InChI=1S/C32H45N3O4S/c1-6-10-20-33(18-7-2)30(39)27-32-17-16-31(5,40-32)25(26(32)29(38)35(27)24(9-4)22-36)28(37)34(19-8-3)21-23-14-12-11-13-15-23/h7-8,11-15,24-27,36H,2-3,6,9-10,16-22H2,1,4-5H3/t24-,25+,26-,27?,31-,32?/m0/s1. The average Bonchev–Trinajstić information content (AvgIpc) is 3.52. The Balaban J connectivity index is 1.77. The molecule has 3 heterocycles. The van der Waals surface area contributed by atoms with Gasteiger partial charge in [0.25, 0.3) is 0 Å². The van der Waals surface area contributed by atoms with E-state index in [4.69, 9.17) is 0 Å². The van der Waals surface area contributed by atoms with E-state index in [0.29, 0.717) is 39.0 Å². The lowest BCUT2D eigenvalue weighted by Crippen LogP contribution is -2.57. The Hall–Kier alpha value is -2.58. The van der Waals surface area contributed by atoms with Crippen LogP contribution < -0.4 is 0 Å². The van der Waals surface area contributed by atoms with E-state index in [-0.39, 0.29) is 24.3 Å². The van der Waals surface area contributed by atoms with Gasteiger partial charge in [-0.3, -0.25) is 14.4 Å². The van der Waals surface area contributed by atoms with Gasteiger partial charge in [0.2, 0.25) is 17.7 Å². The van der Waals surface area contributed by atoms with Crippen molar-refractivity contribution in [3.05, 3.63) is 61.2 Å². The molecular weight excluding hydrogens is 522 g/mol. The van der Waals surface area contributed by atoms with Gasteiger partial charge in [-0.1, -0.05) is 62.8 Å². The number of carbonyl (C=O) groups excluding carboxylic acids is 3. The first-order valence-corrected chi connectivity index (χ1v) is 15.5. The van der Waals surface area contributed by atoms with Gasteiger partial charge >= 0.3 is 0 Å². The van der Waals surface area contributed by atoms with Crippen LogP contribution in [0.1, 0.15) is 58.4 Å². The molecule has 4 rings (SSSR count). The van der Waals surface area contributed by atoms with Crippen molar-refractivity contribution in [1.82, 2.24) is 14.7 Å². The minimum absolute atomic E-state index is 0.0577. The predicted molar refractivity (Wildman–Crippen MR) is 160 cm³/mol. The van der Waals surface area contributed by atoms with Crippen LogP contribution >= 0.6 is 11.8 Å². The van der Waals surface area contributed by atoms with Crippen LogP contribution in [-0.4, -0.2) is 85.3 Å². The number of aliphatic hydroxyl groups excluding tert-OH is 1. The summed E-state index contributed by atoms with van der Waals surface area (Å²) in [5, 5.41) is 10.3. The highest BCUT2D eigenvalue weighted by atomic mass is 32.2. The van der Waals surface area contributed by atoms with E-state index in [1.165, 1.54) is 0 Å². The molecule has 0 saturated carbocycles. The van der Waals surface area contributed by atoms with E-state index in [2.05, 4.69) is 27.0 Å². The lowest BCUT2D eigenvalue weighted by atomic mass is 9.66. The summed E-state index contributed by atoms with van der Waals surface area (Å²) in [6.07, 6.45) is 7.25. The van der Waals surface area contributed by atoms with Gasteiger partial charge in [-0.05, 0) is 38.2 Å². The van der Waals surface area contributed by atoms with E-state index in [9.17, 15) is 19.5 Å². The van der Waals surface area contributed by atoms with Crippen LogP contribution in [-0.2, 0) is 20.9 Å². The van der Waals surface area contributed by atoms with E-state index >= 15 is 0 Å². The summed E-state index contributed by atoms with van der Waals surface area (Å²) in [6.45, 7) is 15.5. The number of thioether (sulfide) groups is 1. The third-order valence-corrected chi connectivity index (χ3v) is 11.1. The van der Waals surface area contributed by atoms with E-state index < -0.39 is 33.4 Å². The Morgan fingerprint density at radius 2 is 1.80 bits per heavy atom. The molecule has 0 radical (unpaired) electrons. The van der Waals surface area contributed by atoms with Crippen LogP contribution in [0.2, 0.25) is 0 Å². The molecule has 3 aliphatic heterocycles. The van der Waals surface area contributed by atoms with Gasteiger partial charge in [0.05, 0.1) is 29.2 Å². The molecule has 1 N–H and O–H groups in total. The monoisotopic (exact) mass is 567 g/mol. The second-order valence-corrected chi connectivity index (χ2v) is 13.5. The van der Waals surface area contributed by atoms with Crippen molar-refractivity contribution in [2.75, 3.05) is 26.2 Å². The van der Waals surface area contributed by atoms with Gasteiger partial charge < -0.3 is 19.8 Å². The molecule has 3 amide bonds. The maximum atomic E-state index is 14.5. The van der Waals surface area contributed by atoms with Crippen LogP contribution in [0.3, 0.4) is 0 Å². The Bertz CT molecular complexity index is 1110. The number of aliphatic hydroxyl groups is 1. The Kier molecular flexibility index (Phi) is 9.51. The molecule has 40 heavy (non-hydrogen) atoms. The second kappa shape index (κ2) is 12.5. The summed E-state index contributed by atoms with van der Waals surface area (Å²) in [5.74, 6) is -1.48. The number of amides is 3. The van der Waals surface area contributed by atoms with Crippen LogP contribution in [0, 0.1) is 11.8 Å². The number of rotatable bonds is 14. The molecule has 2 unspecified atom stereocenters. The van der Waals surface area contributed by atoms with Crippen LogP contribution in [0.5, 0.6) is 0 Å². The Labute approximate surface area is 243 Å². The quantitative estimate of drug-likeness (QED) is 0.340. The number of unbranched alkanes of at least 4 members (excludes halogenated alkanes) is 1. The second-order valence-electron chi connectivity index (χ2n) is 11.6. The molecule has 7 nitrogen and oxygen atoms in total. The summed E-state index contributed by atoms with van der Waals surface area (Å²) in [6, 6.07) is 8.66. The van der Waals surface area contributed by atoms with Gasteiger partial charge in [-0.15, -0.1) is 24.9 Å². The molecule has 1 spiro atoms. The van der Waals surface area contributed by atoms with Crippen molar-refractivity contribution >= 4 is 29.5 Å². The van der Waals surface area contributed by atoms with E-state index in [1.54, 1.807) is 33.7 Å². The molecule has 6 atom stereocenters. The SMILES string of the molecule is C=CCN(CCCC)C(=O)C1N([C@@H](CC)CO)C(=O)[C@@H]2[C@H](C(=O)N(CC=C)Cc3ccccc3)[C@]3(C)CCC12S3. The zero-order chi connectivity index (χ0) is 29.1. The Morgan fingerprint density at radius 3 is 2.40 bits per heavy atom. The number of likely N-dealkylation sites (tertiary alicyclic amines) is 1. The molecule has 1 aromatic rings. The molecule has 1 aromatic carbocycles. The van der Waals surface area contributed by atoms with Gasteiger partial charge in [-0.25, -0.2) is 0 Å². The number of hydrogen-bond donors (Lipinski definition) is 1. The highest BCUT2D eigenvalue weighted by Gasteiger charge is 2.78. The number of nitrogens with zero attached hydrogens (tertiary/aromatic N) is 3. The fourth-order valence-corrected chi connectivity index (χ4v) is 9.51.